The molecule has 0 radical (unpaired) electrons. The van der Waals surface area contributed by atoms with Gasteiger partial charge in [-0.1, -0.05) is 12.5 Å². The minimum atomic E-state index is -3.67. The molecule has 2 bridgehead atoms. The number of methoxy groups -OCH3 is 1. The molecule has 2 unspecified atom stereocenters. The average molecular weight is 432 g/mol. The van der Waals surface area contributed by atoms with Crippen LogP contribution < -0.4 is 15.8 Å². The lowest BCUT2D eigenvalue weighted by molar-refractivity contribution is 0.0756. The molecule has 0 heterocycles. The Labute approximate surface area is 173 Å². The molecule has 1 aromatic rings. The first-order valence-corrected chi connectivity index (χ1v) is 11.0. The Morgan fingerprint density at radius 3 is 2.57 bits per heavy atom. The first-order valence-electron chi connectivity index (χ1n) is 9.56. The van der Waals surface area contributed by atoms with E-state index < -0.39 is 10.0 Å². The minimum Gasteiger partial charge on any atom is -0.383 e. The number of rotatable bonds is 7. The number of sulfonamides is 1. The SMILES string of the molecule is COCCNS(=O)(=O)c1cccc(C(=O)NC2C3CCCC2CC(N)C3)c1.Cl. The van der Waals surface area contributed by atoms with Crippen LogP contribution in [0.2, 0.25) is 0 Å². The van der Waals surface area contributed by atoms with E-state index in [1.54, 1.807) is 12.1 Å². The third kappa shape index (κ3) is 5.45. The van der Waals surface area contributed by atoms with E-state index in [1.807, 2.05) is 0 Å². The number of nitrogens with two attached hydrogens (primary N) is 1. The van der Waals surface area contributed by atoms with E-state index in [0.717, 1.165) is 25.7 Å². The van der Waals surface area contributed by atoms with Crippen LogP contribution in [-0.2, 0) is 14.8 Å². The Balaban J connectivity index is 0.00000280. The highest BCUT2D eigenvalue weighted by Crippen LogP contribution is 2.39. The van der Waals surface area contributed by atoms with Crippen molar-refractivity contribution >= 4 is 28.3 Å². The predicted octanol–water partition coefficient (Wildman–Crippen LogP) is 1.67. The molecule has 2 atom stereocenters. The highest BCUT2D eigenvalue weighted by Gasteiger charge is 2.40. The topological polar surface area (TPSA) is 111 Å². The van der Waals surface area contributed by atoms with Gasteiger partial charge in [0.15, 0.2) is 0 Å². The molecule has 2 aliphatic carbocycles. The largest absolute Gasteiger partial charge is 0.383 e. The summed E-state index contributed by atoms with van der Waals surface area (Å²) in [6, 6.07) is 6.51. The van der Waals surface area contributed by atoms with Gasteiger partial charge in [0.25, 0.3) is 5.91 Å². The third-order valence-electron chi connectivity index (χ3n) is 5.68. The minimum absolute atomic E-state index is 0. The van der Waals surface area contributed by atoms with Gasteiger partial charge in [0, 0.05) is 31.3 Å². The summed E-state index contributed by atoms with van der Waals surface area (Å²) in [5.74, 6) is 0.611. The van der Waals surface area contributed by atoms with Gasteiger partial charge in [-0.05, 0) is 55.7 Å². The highest BCUT2D eigenvalue weighted by atomic mass is 35.5. The molecule has 2 aliphatic rings. The van der Waals surface area contributed by atoms with Crippen LogP contribution >= 0.6 is 12.4 Å². The Morgan fingerprint density at radius 1 is 1.25 bits per heavy atom. The highest BCUT2D eigenvalue weighted by molar-refractivity contribution is 7.89. The number of carbonyl (C=O) groups is 1. The Hall–Kier alpha value is -1.19. The van der Waals surface area contributed by atoms with Gasteiger partial charge >= 0.3 is 0 Å². The van der Waals surface area contributed by atoms with Gasteiger partial charge in [0.2, 0.25) is 10.0 Å². The molecule has 158 valence electrons. The number of amides is 1. The fraction of sp³-hybridized carbons (Fsp3) is 0.632. The van der Waals surface area contributed by atoms with E-state index in [2.05, 4.69) is 10.0 Å². The molecule has 28 heavy (non-hydrogen) atoms. The van der Waals surface area contributed by atoms with Gasteiger partial charge in [-0.3, -0.25) is 4.79 Å². The van der Waals surface area contributed by atoms with E-state index in [4.69, 9.17) is 10.5 Å². The summed E-state index contributed by atoms with van der Waals surface area (Å²) in [4.78, 5) is 12.9. The number of nitrogens with one attached hydrogen (secondary N) is 2. The van der Waals surface area contributed by atoms with E-state index in [-0.39, 0.29) is 48.4 Å². The summed E-state index contributed by atoms with van der Waals surface area (Å²) in [5, 5.41) is 3.16. The number of carbonyl (C=O) groups excluding carboxylic acids is 1. The molecule has 9 heteroatoms. The Kier molecular flexibility index (Phi) is 8.27. The molecule has 1 aromatic carbocycles. The summed E-state index contributed by atoms with van der Waals surface area (Å²) < 4.78 is 32.0. The average Bonchev–Trinajstić information content (AvgIpc) is 2.62. The van der Waals surface area contributed by atoms with Crippen LogP contribution in [0.25, 0.3) is 0 Å². The van der Waals surface area contributed by atoms with Crippen LogP contribution in [0.3, 0.4) is 0 Å². The van der Waals surface area contributed by atoms with Crippen molar-refractivity contribution in [2.24, 2.45) is 17.6 Å². The van der Waals surface area contributed by atoms with Gasteiger partial charge in [-0.15, -0.1) is 12.4 Å². The lowest BCUT2D eigenvalue weighted by Crippen LogP contribution is -2.53. The van der Waals surface area contributed by atoms with E-state index in [1.165, 1.54) is 25.7 Å². The molecule has 0 spiro atoms. The molecule has 7 nitrogen and oxygen atoms in total. The van der Waals surface area contributed by atoms with E-state index in [0.29, 0.717) is 17.4 Å². The van der Waals surface area contributed by atoms with Crippen LogP contribution in [0.5, 0.6) is 0 Å². The molecule has 3 rings (SSSR count). The monoisotopic (exact) mass is 431 g/mol. The smallest absolute Gasteiger partial charge is 0.251 e. The zero-order valence-corrected chi connectivity index (χ0v) is 17.7. The van der Waals surface area contributed by atoms with E-state index >= 15 is 0 Å². The van der Waals surface area contributed by atoms with Crippen molar-refractivity contribution in [1.29, 1.82) is 0 Å². The summed E-state index contributed by atoms with van der Waals surface area (Å²) >= 11 is 0. The lowest BCUT2D eigenvalue weighted by atomic mass is 9.67. The van der Waals surface area contributed by atoms with Crippen LogP contribution in [0.1, 0.15) is 42.5 Å². The number of halogens is 1. The molecule has 2 fully saturated rings. The molecule has 1 amide bonds. The van der Waals surface area contributed by atoms with Crippen molar-refractivity contribution in [3.05, 3.63) is 29.8 Å². The number of ether oxygens (including phenoxy) is 1. The van der Waals surface area contributed by atoms with Crippen LogP contribution in [-0.4, -0.2) is 46.7 Å². The van der Waals surface area contributed by atoms with Crippen molar-refractivity contribution in [2.45, 2.75) is 49.1 Å². The maximum Gasteiger partial charge on any atom is 0.251 e. The first kappa shape index (κ1) is 23.1. The zero-order chi connectivity index (χ0) is 19.4. The van der Waals surface area contributed by atoms with Crippen molar-refractivity contribution in [3.8, 4) is 0 Å². The number of hydrogen-bond acceptors (Lipinski definition) is 5. The molecule has 0 aliphatic heterocycles. The van der Waals surface area contributed by atoms with Crippen molar-refractivity contribution in [2.75, 3.05) is 20.3 Å². The first-order chi connectivity index (χ1) is 12.9. The maximum atomic E-state index is 12.8. The standard InChI is InChI=1S/C19H29N3O4S.ClH/c1-26-9-8-21-27(24,25)17-7-3-6-15(12-17)19(23)22-18-13-4-2-5-14(18)11-16(20)10-13;/h3,6-7,12-14,16,18,21H,2,4-5,8-11,20H2,1H3,(H,22,23);1H. The van der Waals surface area contributed by atoms with Crippen LogP contribution in [0.15, 0.2) is 29.2 Å². The van der Waals surface area contributed by atoms with Crippen molar-refractivity contribution < 1.29 is 17.9 Å². The number of fused-ring (bicyclic) bond motifs is 2. The number of benzene rings is 1. The molecule has 0 saturated heterocycles. The maximum absolute atomic E-state index is 12.8. The van der Waals surface area contributed by atoms with Crippen molar-refractivity contribution in [1.82, 2.24) is 10.0 Å². The molecule has 4 N–H and O–H groups in total. The second kappa shape index (κ2) is 10.0. The summed E-state index contributed by atoms with van der Waals surface area (Å²) in [6.45, 7) is 0.465. The molecular weight excluding hydrogens is 402 g/mol. The lowest BCUT2D eigenvalue weighted by Gasteiger charge is -2.45. The fourth-order valence-corrected chi connectivity index (χ4v) is 5.48. The molecule has 0 aromatic heterocycles. The Morgan fingerprint density at radius 2 is 1.93 bits per heavy atom. The van der Waals surface area contributed by atoms with Crippen LogP contribution in [0, 0.1) is 11.8 Å². The zero-order valence-electron chi connectivity index (χ0n) is 16.1. The fourth-order valence-electron chi connectivity index (χ4n) is 4.43. The predicted molar refractivity (Wildman–Crippen MR) is 110 cm³/mol. The second-order valence-corrected chi connectivity index (χ2v) is 9.37. The quantitative estimate of drug-likeness (QED) is 0.569. The molecular formula is C19H30ClN3O4S. The summed E-state index contributed by atoms with van der Waals surface area (Å²) in [5.41, 5.74) is 6.51. The van der Waals surface area contributed by atoms with Crippen molar-refractivity contribution in [3.63, 3.8) is 0 Å². The second-order valence-electron chi connectivity index (χ2n) is 7.60. The van der Waals surface area contributed by atoms with Gasteiger partial charge in [0.1, 0.15) is 0 Å². The normalized spacial score (nSPS) is 26.9. The van der Waals surface area contributed by atoms with Gasteiger partial charge in [0.05, 0.1) is 11.5 Å². The summed E-state index contributed by atoms with van der Waals surface area (Å²) in [6.07, 6.45) is 5.26. The summed E-state index contributed by atoms with van der Waals surface area (Å²) in [7, 11) is -2.16. The number of hydrogen-bond donors (Lipinski definition) is 3. The molecule has 2 saturated carbocycles. The van der Waals surface area contributed by atoms with Gasteiger partial charge in [-0.2, -0.15) is 0 Å². The van der Waals surface area contributed by atoms with Gasteiger partial charge < -0.3 is 15.8 Å². The Bertz CT molecular complexity index is 760. The van der Waals surface area contributed by atoms with E-state index in [9.17, 15) is 13.2 Å². The van der Waals surface area contributed by atoms with Gasteiger partial charge in [-0.25, -0.2) is 13.1 Å². The van der Waals surface area contributed by atoms with Crippen LogP contribution in [0.4, 0.5) is 0 Å². The third-order valence-corrected chi connectivity index (χ3v) is 7.14.